The maximum Gasteiger partial charge on any atom is 0.328 e. The number of hydrogen-bond acceptors (Lipinski definition) is 4. The van der Waals surface area contributed by atoms with Crippen molar-refractivity contribution in [3.8, 4) is 0 Å². The average molecular weight is 259 g/mol. The number of nitrogens with one attached hydrogen (secondary N) is 1. The summed E-state index contributed by atoms with van der Waals surface area (Å²) in [6.07, 6.45) is 1.74. The van der Waals surface area contributed by atoms with Gasteiger partial charge in [0, 0.05) is 13.1 Å². The van der Waals surface area contributed by atoms with E-state index < -0.39 is 24.6 Å². The molecule has 0 unspecified atom stereocenters. The van der Waals surface area contributed by atoms with Crippen molar-refractivity contribution in [3.63, 3.8) is 0 Å². The van der Waals surface area contributed by atoms with E-state index in [2.05, 4.69) is 10.2 Å². The first-order valence-corrected chi connectivity index (χ1v) is 6.01. The second-order valence-electron chi connectivity index (χ2n) is 4.67. The lowest BCUT2D eigenvalue weighted by Crippen LogP contribution is -2.53. The third-order valence-corrected chi connectivity index (χ3v) is 3.33. The molecule has 1 aliphatic heterocycles. The summed E-state index contributed by atoms with van der Waals surface area (Å²) in [4.78, 5) is 26.2. The molecule has 0 aromatic rings. The van der Waals surface area contributed by atoms with E-state index in [9.17, 15) is 9.59 Å². The van der Waals surface area contributed by atoms with Gasteiger partial charge in [0.1, 0.15) is 0 Å². The van der Waals surface area contributed by atoms with Crippen LogP contribution in [0.15, 0.2) is 0 Å². The van der Waals surface area contributed by atoms with Crippen molar-refractivity contribution < 1.29 is 19.8 Å². The number of aliphatic carboxylic acids is 1. The molecule has 1 aliphatic rings. The van der Waals surface area contributed by atoms with Gasteiger partial charge in [-0.15, -0.1) is 0 Å². The van der Waals surface area contributed by atoms with E-state index in [-0.39, 0.29) is 6.04 Å². The van der Waals surface area contributed by atoms with Crippen LogP contribution < -0.4 is 5.32 Å². The fraction of sp³-hybridized carbons (Fsp3) is 0.818. The molecule has 7 heteroatoms. The molecule has 0 saturated carbocycles. The highest BCUT2D eigenvalue weighted by Gasteiger charge is 2.26. The summed E-state index contributed by atoms with van der Waals surface area (Å²) >= 11 is 0. The van der Waals surface area contributed by atoms with E-state index >= 15 is 0 Å². The molecule has 0 aromatic heterocycles. The lowest BCUT2D eigenvalue weighted by molar-refractivity contribution is -0.140. The number of nitrogens with zero attached hydrogens (tertiary/aromatic N) is 2. The number of amides is 2. The lowest BCUT2D eigenvalue weighted by atomic mass is 10.0. The zero-order chi connectivity index (χ0) is 13.7. The van der Waals surface area contributed by atoms with Gasteiger partial charge in [-0.1, -0.05) is 0 Å². The predicted octanol–water partition coefficient (Wildman–Crippen LogP) is -0.832. The topological polar surface area (TPSA) is 93.1 Å². The largest absolute Gasteiger partial charge is 0.480 e. The maximum atomic E-state index is 11.8. The molecule has 1 rings (SSSR count). The number of aliphatic hydroxyl groups is 1. The normalized spacial score (nSPS) is 19.3. The van der Waals surface area contributed by atoms with Crippen LogP contribution in [0.3, 0.4) is 0 Å². The van der Waals surface area contributed by atoms with Crippen molar-refractivity contribution >= 4 is 12.0 Å². The van der Waals surface area contributed by atoms with Crippen molar-refractivity contribution in [2.24, 2.45) is 0 Å². The Morgan fingerprint density at radius 1 is 1.44 bits per heavy atom. The molecule has 2 amide bonds. The van der Waals surface area contributed by atoms with Crippen LogP contribution in [0.4, 0.5) is 4.79 Å². The highest BCUT2D eigenvalue weighted by Crippen LogP contribution is 2.14. The Labute approximate surface area is 106 Å². The second-order valence-corrected chi connectivity index (χ2v) is 4.67. The Balaban J connectivity index is 2.48. The Morgan fingerprint density at radius 3 is 2.44 bits per heavy atom. The molecule has 104 valence electrons. The first-order chi connectivity index (χ1) is 8.45. The van der Waals surface area contributed by atoms with Crippen LogP contribution in [0.2, 0.25) is 0 Å². The van der Waals surface area contributed by atoms with Gasteiger partial charge in [0.05, 0.1) is 6.61 Å². The van der Waals surface area contributed by atoms with E-state index in [0.29, 0.717) is 0 Å². The monoisotopic (exact) mass is 259 g/mol. The van der Waals surface area contributed by atoms with Gasteiger partial charge in [0.25, 0.3) is 0 Å². The molecule has 0 bridgehead atoms. The molecule has 7 nitrogen and oxygen atoms in total. The van der Waals surface area contributed by atoms with E-state index in [4.69, 9.17) is 10.2 Å². The van der Waals surface area contributed by atoms with Crippen molar-refractivity contribution in [3.05, 3.63) is 0 Å². The Kier molecular flexibility index (Phi) is 5.36. The summed E-state index contributed by atoms with van der Waals surface area (Å²) in [6, 6.07) is -1.58. The summed E-state index contributed by atoms with van der Waals surface area (Å²) in [5.41, 5.74) is 0. The van der Waals surface area contributed by atoms with Gasteiger partial charge in [-0.2, -0.15) is 0 Å². The Morgan fingerprint density at radius 2 is 2.00 bits per heavy atom. The number of urea groups is 1. The number of likely N-dealkylation sites (tertiary alicyclic amines) is 1. The van der Waals surface area contributed by atoms with Gasteiger partial charge in [0.2, 0.25) is 0 Å². The zero-order valence-corrected chi connectivity index (χ0v) is 10.8. The quantitative estimate of drug-likeness (QED) is 0.612. The number of rotatable bonds is 4. The van der Waals surface area contributed by atoms with Gasteiger partial charge < -0.3 is 25.3 Å². The molecular formula is C11H21N3O4. The van der Waals surface area contributed by atoms with Gasteiger partial charge in [0.15, 0.2) is 6.04 Å². The number of carboxylic acids is 1. The van der Waals surface area contributed by atoms with Crippen molar-refractivity contribution in [2.45, 2.75) is 24.9 Å². The number of carbonyl (C=O) groups excluding carboxylic acids is 1. The predicted molar refractivity (Wildman–Crippen MR) is 65.3 cm³/mol. The first kappa shape index (κ1) is 14.7. The maximum absolute atomic E-state index is 11.8. The molecule has 1 fully saturated rings. The summed E-state index contributed by atoms with van der Waals surface area (Å²) in [7, 11) is 3.68. The second kappa shape index (κ2) is 6.55. The van der Waals surface area contributed by atoms with Gasteiger partial charge in [-0.05, 0) is 33.0 Å². The number of carboxylic acid groups (broad SMARTS) is 1. The highest BCUT2D eigenvalue weighted by atomic mass is 16.4. The van der Waals surface area contributed by atoms with Crippen molar-refractivity contribution in [1.82, 2.24) is 15.1 Å². The van der Waals surface area contributed by atoms with Crippen LogP contribution in [-0.2, 0) is 4.79 Å². The third kappa shape index (κ3) is 3.85. The molecule has 1 atom stereocenters. The summed E-state index contributed by atoms with van der Waals surface area (Å²) in [5.74, 6) is -1.23. The lowest BCUT2D eigenvalue weighted by Gasteiger charge is -2.35. The number of aliphatic hydroxyl groups excluding tert-OH is 1. The smallest absolute Gasteiger partial charge is 0.328 e. The van der Waals surface area contributed by atoms with Crippen molar-refractivity contribution in [2.75, 3.05) is 33.8 Å². The molecule has 1 heterocycles. The average Bonchev–Trinajstić information content (AvgIpc) is 2.35. The van der Waals surface area contributed by atoms with Gasteiger partial charge >= 0.3 is 12.0 Å². The standard InChI is InChI=1S/C11H21N3O4/c1-13-5-3-8(4-6-13)14(2)11(18)12-9(7-15)10(16)17/h8-9,15H,3-7H2,1-2H3,(H,12,18)(H,16,17)/t9-/m1/s1. The SMILES string of the molecule is CN1CCC(N(C)C(=O)N[C@H](CO)C(=O)O)CC1. The number of carbonyl (C=O) groups is 2. The van der Waals surface area contributed by atoms with Crippen LogP contribution in [0, 0.1) is 0 Å². The van der Waals surface area contributed by atoms with Crippen LogP contribution in [0.25, 0.3) is 0 Å². The van der Waals surface area contributed by atoms with Crippen LogP contribution >= 0.6 is 0 Å². The van der Waals surface area contributed by atoms with E-state index in [0.717, 1.165) is 25.9 Å². The van der Waals surface area contributed by atoms with Crippen LogP contribution in [-0.4, -0.2) is 77.9 Å². The number of piperidine rings is 1. The van der Waals surface area contributed by atoms with Gasteiger partial charge in [-0.25, -0.2) is 9.59 Å². The minimum Gasteiger partial charge on any atom is -0.480 e. The molecule has 1 saturated heterocycles. The van der Waals surface area contributed by atoms with E-state index in [1.54, 1.807) is 7.05 Å². The minimum absolute atomic E-state index is 0.120. The molecule has 3 N–H and O–H groups in total. The van der Waals surface area contributed by atoms with E-state index in [1.807, 2.05) is 7.05 Å². The first-order valence-electron chi connectivity index (χ1n) is 6.01. The minimum atomic E-state index is -1.24. The molecule has 0 aromatic carbocycles. The molecule has 18 heavy (non-hydrogen) atoms. The fourth-order valence-corrected chi connectivity index (χ4v) is 1.98. The third-order valence-electron chi connectivity index (χ3n) is 3.33. The Bertz CT molecular complexity index is 303. The zero-order valence-electron chi connectivity index (χ0n) is 10.8. The fourth-order valence-electron chi connectivity index (χ4n) is 1.98. The van der Waals surface area contributed by atoms with Crippen LogP contribution in [0.5, 0.6) is 0 Å². The van der Waals surface area contributed by atoms with Crippen molar-refractivity contribution in [1.29, 1.82) is 0 Å². The van der Waals surface area contributed by atoms with E-state index in [1.165, 1.54) is 4.90 Å². The number of hydrogen-bond donors (Lipinski definition) is 3. The van der Waals surface area contributed by atoms with Crippen LogP contribution in [0.1, 0.15) is 12.8 Å². The molecule has 0 aliphatic carbocycles. The molecule has 0 radical (unpaired) electrons. The molecule has 0 spiro atoms. The summed E-state index contributed by atoms with van der Waals surface area (Å²) in [5, 5.41) is 19.9. The highest BCUT2D eigenvalue weighted by molar-refractivity contribution is 5.82. The Hall–Kier alpha value is -1.34. The van der Waals surface area contributed by atoms with Gasteiger partial charge in [-0.3, -0.25) is 0 Å². The molecular weight excluding hydrogens is 238 g/mol. The summed E-state index contributed by atoms with van der Waals surface area (Å²) < 4.78 is 0. The summed E-state index contributed by atoms with van der Waals surface area (Å²) in [6.45, 7) is 1.23.